The van der Waals surface area contributed by atoms with Gasteiger partial charge in [-0.3, -0.25) is 0 Å². The standard InChI is InChI=1S/C18H21FN2O4S/c1-12-2-5-14(8-16(12)19)26(22,23)21-7-6-18-15(9-21)17(20-25-18)11-24-10-13-3-4-13/h2,5,8,13H,3-4,6-7,9-11H2,1H3. The summed E-state index contributed by atoms with van der Waals surface area (Å²) in [4.78, 5) is -0.0352. The van der Waals surface area contributed by atoms with Crippen molar-refractivity contribution in [1.82, 2.24) is 9.46 Å². The zero-order valence-electron chi connectivity index (χ0n) is 14.6. The van der Waals surface area contributed by atoms with Gasteiger partial charge in [0.1, 0.15) is 17.3 Å². The normalized spacial score (nSPS) is 18.1. The number of fused-ring (bicyclic) bond motifs is 1. The van der Waals surface area contributed by atoms with Crippen molar-refractivity contribution in [3.63, 3.8) is 0 Å². The Balaban J connectivity index is 1.52. The summed E-state index contributed by atoms with van der Waals surface area (Å²) in [5.41, 5.74) is 1.83. The summed E-state index contributed by atoms with van der Waals surface area (Å²) in [5, 5.41) is 4.05. The molecule has 0 unspecified atom stereocenters. The van der Waals surface area contributed by atoms with E-state index in [2.05, 4.69) is 5.16 Å². The molecule has 0 spiro atoms. The zero-order chi connectivity index (χ0) is 18.3. The summed E-state index contributed by atoms with van der Waals surface area (Å²) in [6.45, 7) is 3.07. The van der Waals surface area contributed by atoms with E-state index in [1.807, 2.05) is 0 Å². The molecule has 1 saturated carbocycles. The van der Waals surface area contributed by atoms with Crippen LogP contribution in [0.5, 0.6) is 0 Å². The Hall–Kier alpha value is -1.77. The van der Waals surface area contributed by atoms with E-state index in [4.69, 9.17) is 9.26 Å². The minimum absolute atomic E-state index is 0.0352. The quantitative estimate of drug-likeness (QED) is 0.771. The summed E-state index contributed by atoms with van der Waals surface area (Å²) in [6, 6.07) is 4.00. The van der Waals surface area contributed by atoms with Gasteiger partial charge in [-0.2, -0.15) is 4.31 Å². The zero-order valence-corrected chi connectivity index (χ0v) is 15.4. The summed E-state index contributed by atoms with van der Waals surface area (Å²) in [7, 11) is -3.78. The highest BCUT2D eigenvalue weighted by Crippen LogP contribution is 2.30. The van der Waals surface area contributed by atoms with Gasteiger partial charge in [-0.15, -0.1) is 0 Å². The van der Waals surface area contributed by atoms with Gasteiger partial charge in [0.15, 0.2) is 0 Å². The van der Waals surface area contributed by atoms with Gasteiger partial charge in [-0.1, -0.05) is 11.2 Å². The van der Waals surface area contributed by atoms with Gasteiger partial charge < -0.3 is 9.26 Å². The first kappa shape index (κ1) is 17.6. The minimum Gasteiger partial charge on any atom is -0.375 e. The smallest absolute Gasteiger partial charge is 0.243 e. The van der Waals surface area contributed by atoms with E-state index < -0.39 is 15.8 Å². The first-order valence-electron chi connectivity index (χ1n) is 8.75. The van der Waals surface area contributed by atoms with Crippen molar-refractivity contribution in [3.8, 4) is 0 Å². The second-order valence-corrected chi connectivity index (χ2v) is 8.93. The summed E-state index contributed by atoms with van der Waals surface area (Å²) in [5.74, 6) is 0.825. The van der Waals surface area contributed by atoms with E-state index in [-0.39, 0.29) is 18.0 Å². The SMILES string of the molecule is Cc1ccc(S(=O)(=O)N2CCc3onc(COCC4CC4)c3C2)cc1F. The average Bonchev–Trinajstić information content (AvgIpc) is 3.36. The Morgan fingerprint density at radius 3 is 2.92 bits per heavy atom. The third-order valence-electron chi connectivity index (χ3n) is 4.94. The van der Waals surface area contributed by atoms with Crippen LogP contribution in [-0.2, 0) is 34.3 Å². The molecule has 1 fully saturated rings. The highest BCUT2D eigenvalue weighted by molar-refractivity contribution is 7.89. The first-order chi connectivity index (χ1) is 12.4. The molecule has 0 amide bonds. The van der Waals surface area contributed by atoms with Crippen LogP contribution in [0.3, 0.4) is 0 Å². The number of hydrogen-bond acceptors (Lipinski definition) is 5. The predicted octanol–water partition coefficient (Wildman–Crippen LogP) is 2.80. The molecule has 26 heavy (non-hydrogen) atoms. The lowest BCUT2D eigenvalue weighted by Gasteiger charge is -2.25. The molecule has 0 saturated heterocycles. The van der Waals surface area contributed by atoms with Gasteiger partial charge in [0, 0.05) is 31.7 Å². The van der Waals surface area contributed by atoms with Crippen LogP contribution in [0.25, 0.3) is 0 Å². The third-order valence-corrected chi connectivity index (χ3v) is 6.79. The number of aromatic nitrogens is 1. The highest BCUT2D eigenvalue weighted by atomic mass is 32.2. The molecule has 1 aliphatic heterocycles. The Labute approximate surface area is 152 Å². The topological polar surface area (TPSA) is 72.6 Å². The van der Waals surface area contributed by atoms with E-state index >= 15 is 0 Å². The number of nitrogens with zero attached hydrogens (tertiary/aromatic N) is 2. The lowest BCUT2D eigenvalue weighted by molar-refractivity contribution is 0.106. The second-order valence-electron chi connectivity index (χ2n) is 6.99. The van der Waals surface area contributed by atoms with Crippen molar-refractivity contribution in [2.24, 2.45) is 5.92 Å². The summed E-state index contributed by atoms with van der Waals surface area (Å²) >= 11 is 0. The molecule has 0 atom stereocenters. The number of halogens is 1. The molecule has 1 aliphatic carbocycles. The number of ether oxygens (including phenoxy) is 1. The Kier molecular flexibility index (Phi) is 4.58. The molecule has 0 N–H and O–H groups in total. The van der Waals surface area contributed by atoms with Crippen LogP contribution in [0.1, 0.15) is 35.4 Å². The van der Waals surface area contributed by atoms with Crippen LogP contribution >= 0.6 is 0 Å². The lowest BCUT2D eigenvalue weighted by atomic mass is 10.1. The van der Waals surface area contributed by atoms with Gasteiger partial charge in [0.05, 0.1) is 11.5 Å². The molecule has 140 valence electrons. The fourth-order valence-corrected chi connectivity index (χ4v) is 4.47. The van der Waals surface area contributed by atoms with Gasteiger partial charge in [-0.25, -0.2) is 12.8 Å². The first-order valence-corrected chi connectivity index (χ1v) is 10.2. The van der Waals surface area contributed by atoms with Crippen molar-refractivity contribution in [2.75, 3.05) is 13.2 Å². The van der Waals surface area contributed by atoms with E-state index in [1.54, 1.807) is 6.92 Å². The largest absolute Gasteiger partial charge is 0.375 e. The molecule has 1 aromatic heterocycles. The van der Waals surface area contributed by atoms with E-state index in [0.29, 0.717) is 42.6 Å². The van der Waals surface area contributed by atoms with Crippen LogP contribution in [0, 0.1) is 18.7 Å². The molecule has 4 rings (SSSR count). The van der Waals surface area contributed by atoms with Crippen LogP contribution in [0.4, 0.5) is 4.39 Å². The maximum absolute atomic E-state index is 13.8. The second kappa shape index (κ2) is 6.75. The Morgan fingerprint density at radius 2 is 2.19 bits per heavy atom. The van der Waals surface area contributed by atoms with Gasteiger partial charge in [0.2, 0.25) is 10.0 Å². The Bertz CT molecular complexity index is 921. The molecule has 2 aliphatic rings. The fourth-order valence-electron chi connectivity index (χ4n) is 3.05. The van der Waals surface area contributed by atoms with Gasteiger partial charge in [0.25, 0.3) is 0 Å². The maximum atomic E-state index is 13.8. The van der Waals surface area contributed by atoms with Crippen molar-refractivity contribution < 1.29 is 22.1 Å². The number of sulfonamides is 1. The highest BCUT2D eigenvalue weighted by Gasteiger charge is 2.32. The molecule has 2 aromatic rings. The van der Waals surface area contributed by atoms with Crippen LogP contribution in [0.2, 0.25) is 0 Å². The number of rotatable bonds is 6. The van der Waals surface area contributed by atoms with E-state index in [1.165, 1.54) is 29.3 Å². The van der Waals surface area contributed by atoms with Crippen LogP contribution in [0.15, 0.2) is 27.6 Å². The Morgan fingerprint density at radius 1 is 1.38 bits per heavy atom. The van der Waals surface area contributed by atoms with E-state index in [9.17, 15) is 12.8 Å². The number of benzene rings is 1. The van der Waals surface area contributed by atoms with Crippen LogP contribution in [-0.4, -0.2) is 31.0 Å². The molecular formula is C18H21FN2O4S. The minimum atomic E-state index is -3.78. The molecule has 6 nitrogen and oxygen atoms in total. The van der Waals surface area contributed by atoms with Gasteiger partial charge >= 0.3 is 0 Å². The molecule has 0 radical (unpaired) electrons. The predicted molar refractivity (Wildman–Crippen MR) is 91.3 cm³/mol. The van der Waals surface area contributed by atoms with Crippen molar-refractivity contribution in [2.45, 2.75) is 44.2 Å². The van der Waals surface area contributed by atoms with Crippen molar-refractivity contribution >= 4 is 10.0 Å². The third kappa shape index (κ3) is 3.41. The number of aryl methyl sites for hydroxylation is 1. The summed E-state index contributed by atoms with van der Waals surface area (Å²) in [6.07, 6.45) is 2.85. The number of hydrogen-bond donors (Lipinski definition) is 0. The van der Waals surface area contributed by atoms with Crippen LogP contribution < -0.4 is 0 Å². The van der Waals surface area contributed by atoms with Crippen molar-refractivity contribution in [1.29, 1.82) is 0 Å². The molecule has 0 bridgehead atoms. The van der Waals surface area contributed by atoms with Crippen molar-refractivity contribution in [3.05, 3.63) is 46.6 Å². The monoisotopic (exact) mass is 380 g/mol. The van der Waals surface area contributed by atoms with E-state index in [0.717, 1.165) is 11.6 Å². The van der Waals surface area contributed by atoms with Gasteiger partial charge in [-0.05, 0) is 43.4 Å². The molecule has 1 aromatic carbocycles. The maximum Gasteiger partial charge on any atom is 0.243 e. The lowest BCUT2D eigenvalue weighted by Crippen LogP contribution is -2.36. The molecular weight excluding hydrogens is 359 g/mol. The fraction of sp³-hybridized carbons (Fsp3) is 0.500. The molecule has 8 heteroatoms. The summed E-state index contributed by atoms with van der Waals surface area (Å²) < 4.78 is 51.9. The average molecular weight is 380 g/mol. The molecule has 2 heterocycles.